The Balaban J connectivity index is 2.05. The number of esters is 1. The molecule has 1 aromatic rings. The third-order valence-corrected chi connectivity index (χ3v) is 5.33. The Morgan fingerprint density at radius 2 is 2.14 bits per heavy atom. The molecule has 0 radical (unpaired) electrons. The summed E-state index contributed by atoms with van der Waals surface area (Å²) in [6, 6.07) is 4.66. The van der Waals surface area contributed by atoms with Gasteiger partial charge in [-0.05, 0) is 40.5 Å². The molecule has 0 amide bonds. The monoisotopic (exact) mass is 378 g/mol. The van der Waals surface area contributed by atoms with Gasteiger partial charge in [-0.1, -0.05) is 6.07 Å². The van der Waals surface area contributed by atoms with Gasteiger partial charge >= 0.3 is 5.97 Å². The summed E-state index contributed by atoms with van der Waals surface area (Å²) in [7, 11) is -2.94. The molecular weight excluding hydrogens is 364 g/mol. The Labute approximate surface area is 131 Å². The Morgan fingerprint density at radius 3 is 2.67 bits per heavy atom. The van der Waals surface area contributed by atoms with Gasteiger partial charge in [-0.2, -0.15) is 0 Å². The molecule has 2 rings (SSSR count). The van der Waals surface area contributed by atoms with Crippen LogP contribution in [0.4, 0.5) is 0 Å². The number of ether oxygens (including phenoxy) is 2. The molecular formula is C13H15BrO6S. The normalized spacial score (nSPS) is 18.6. The molecule has 1 unspecified atom stereocenters. The second-order valence-electron chi connectivity index (χ2n) is 4.66. The highest BCUT2D eigenvalue weighted by molar-refractivity contribution is 9.10. The van der Waals surface area contributed by atoms with Gasteiger partial charge in [-0.3, -0.25) is 0 Å². The van der Waals surface area contributed by atoms with E-state index in [1.165, 1.54) is 6.07 Å². The van der Waals surface area contributed by atoms with E-state index < -0.39 is 21.9 Å². The van der Waals surface area contributed by atoms with E-state index in [2.05, 4.69) is 15.9 Å². The molecule has 1 aromatic carbocycles. The van der Waals surface area contributed by atoms with Gasteiger partial charge in [-0.25, -0.2) is 13.2 Å². The molecule has 1 aliphatic rings. The molecule has 0 bridgehead atoms. The molecule has 0 saturated carbocycles. The van der Waals surface area contributed by atoms with Crippen LogP contribution in [0.3, 0.4) is 0 Å². The minimum Gasteiger partial charge on any atom is -0.487 e. The minimum atomic E-state index is -2.94. The van der Waals surface area contributed by atoms with Crippen molar-refractivity contribution in [3.63, 3.8) is 0 Å². The lowest BCUT2D eigenvalue weighted by Crippen LogP contribution is -2.45. The van der Waals surface area contributed by atoms with Crippen LogP contribution in [-0.2, 0) is 19.4 Å². The third kappa shape index (κ3) is 3.96. The van der Waals surface area contributed by atoms with Crippen LogP contribution in [0.15, 0.2) is 22.7 Å². The van der Waals surface area contributed by atoms with Crippen molar-refractivity contribution in [2.75, 3.05) is 18.1 Å². The maximum atomic E-state index is 11.5. The molecule has 0 aromatic heterocycles. The van der Waals surface area contributed by atoms with Crippen LogP contribution >= 0.6 is 15.9 Å². The second kappa shape index (κ2) is 6.33. The SMILES string of the molecule is CCOC(=O)C(O)c1ccc(OC2CS(=O)(=O)C2)c(Br)c1. The van der Waals surface area contributed by atoms with Crippen LogP contribution in [0.1, 0.15) is 18.6 Å². The Bertz CT molecular complexity index is 630. The van der Waals surface area contributed by atoms with Gasteiger partial charge in [0.1, 0.15) is 11.9 Å². The van der Waals surface area contributed by atoms with E-state index in [-0.39, 0.29) is 24.2 Å². The fraction of sp³-hybridized carbons (Fsp3) is 0.462. The summed E-state index contributed by atoms with van der Waals surface area (Å²) in [5.74, 6) is -0.239. The van der Waals surface area contributed by atoms with Gasteiger partial charge in [0.2, 0.25) is 0 Å². The molecule has 21 heavy (non-hydrogen) atoms. The summed E-state index contributed by atoms with van der Waals surface area (Å²) < 4.78 is 33.0. The van der Waals surface area contributed by atoms with Crippen molar-refractivity contribution in [3.05, 3.63) is 28.2 Å². The van der Waals surface area contributed by atoms with E-state index in [4.69, 9.17) is 9.47 Å². The number of aliphatic hydroxyl groups excluding tert-OH is 1. The summed E-state index contributed by atoms with van der Waals surface area (Å²) in [6.07, 6.45) is -1.72. The number of rotatable bonds is 5. The summed E-state index contributed by atoms with van der Waals surface area (Å²) in [6.45, 7) is 1.85. The Morgan fingerprint density at radius 1 is 1.48 bits per heavy atom. The highest BCUT2D eigenvalue weighted by Gasteiger charge is 2.35. The van der Waals surface area contributed by atoms with Crippen molar-refractivity contribution in [1.82, 2.24) is 0 Å². The first-order valence-corrected chi connectivity index (χ1v) is 8.95. The number of carbonyl (C=O) groups is 1. The van der Waals surface area contributed by atoms with Gasteiger partial charge in [-0.15, -0.1) is 0 Å². The van der Waals surface area contributed by atoms with Gasteiger partial charge in [0, 0.05) is 0 Å². The molecule has 8 heteroatoms. The van der Waals surface area contributed by atoms with Crippen LogP contribution in [0.25, 0.3) is 0 Å². The fourth-order valence-electron chi connectivity index (χ4n) is 1.91. The molecule has 0 aliphatic carbocycles. The van der Waals surface area contributed by atoms with Gasteiger partial charge in [0.25, 0.3) is 0 Å². The van der Waals surface area contributed by atoms with E-state index in [0.29, 0.717) is 15.8 Å². The fourth-order valence-corrected chi connectivity index (χ4v) is 3.57. The second-order valence-corrected chi connectivity index (χ2v) is 7.67. The third-order valence-electron chi connectivity index (χ3n) is 2.95. The van der Waals surface area contributed by atoms with Crippen LogP contribution in [0.5, 0.6) is 5.75 Å². The molecule has 6 nitrogen and oxygen atoms in total. The van der Waals surface area contributed by atoms with E-state index >= 15 is 0 Å². The number of sulfone groups is 1. The highest BCUT2D eigenvalue weighted by Crippen LogP contribution is 2.31. The molecule has 1 N–H and O–H groups in total. The molecule has 1 heterocycles. The van der Waals surface area contributed by atoms with Crippen LogP contribution in [0, 0.1) is 0 Å². The quantitative estimate of drug-likeness (QED) is 0.774. The van der Waals surface area contributed by atoms with Crippen molar-refractivity contribution in [1.29, 1.82) is 0 Å². The standard InChI is InChI=1S/C13H15BrO6S/c1-2-19-13(16)12(15)8-3-4-11(10(14)5-8)20-9-6-21(17,18)7-9/h3-5,9,12,15H,2,6-7H2,1H3. The number of hydrogen-bond donors (Lipinski definition) is 1. The summed E-state index contributed by atoms with van der Waals surface area (Å²) in [5.41, 5.74) is 0.369. The van der Waals surface area contributed by atoms with Crippen molar-refractivity contribution in [2.45, 2.75) is 19.1 Å². The maximum Gasteiger partial charge on any atom is 0.339 e. The molecule has 1 fully saturated rings. The number of aliphatic hydroxyl groups is 1. The number of carbonyl (C=O) groups excluding carboxylic acids is 1. The van der Waals surface area contributed by atoms with E-state index in [1.54, 1.807) is 19.1 Å². The summed E-state index contributed by atoms with van der Waals surface area (Å²) in [5, 5.41) is 9.83. The van der Waals surface area contributed by atoms with Gasteiger partial charge in [0.15, 0.2) is 15.9 Å². The predicted octanol–water partition coefficient (Wildman–Crippen LogP) is 1.22. The van der Waals surface area contributed by atoms with Crippen LogP contribution in [0.2, 0.25) is 0 Å². The lowest BCUT2D eigenvalue weighted by Gasteiger charge is -2.27. The summed E-state index contributed by atoms with van der Waals surface area (Å²) in [4.78, 5) is 11.5. The smallest absolute Gasteiger partial charge is 0.339 e. The number of benzene rings is 1. The first kappa shape index (κ1) is 16.3. The lowest BCUT2D eigenvalue weighted by atomic mass is 10.1. The minimum absolute atomic E-state index is 0.00659. The van der Waals surface area contributed by atoms with E-state index in [9.17, 15) is 18.3 Å². The zero-order chi connectivity index (χ0) is 15.6. The van der Waals surface area contributed by atoms with Crippen molar-refractivity contribution >= 4 is 31.7 Å². The van der Waals surface area contributed by atoms with E-state index in [1.807, 2.05) is 0 Å². The predicted molar refractivity (Wildman–Crippen MR) is 78.8 cm³/mol. The average Bonchev–Trinajstić information content (AvgIpc) is 2.38. The zero-order valence-electron chi connectivity index (χ0n) is 11.3. The highest BCUT2D eigenvalue weighted by atomic mass is 79.9. The zero-order valence-corrected chi connectivity index (χ0v) is 13.7. The van der Waals surface area contributed by atoms with Crippen molar-refractivity contribution in [3.8, 4) is 5.75 Å². The van der Waals surface area contributed by atoms with Crippen molar-refractivity contribution < 1.29 is 27.8 Å². The van der Waals surface area contributed by atoms with Crippen molar-refractivity contribution in [2.24, 2.45) is 0 Å². The molecule has 0 spiro atoms. The number of halogens is 1. The van der Waals surface area contributed by atoms with Crippen LogP contribution < -0.4 is 4.74 Å². The molecule has 1 aliphatic heterocycles. The van der Waals surface area contributed by atoms with E-state index in [0.717, 1.165) is 0 Å². The molecule has 1 atom stereocenters. The largest absolute Gasteiger partial charge is 0.487 e. The lowest BCUT2D eigenvalue weighted by molar-refractivity contribution is -0.153. The Hall–Kier alpha value is -1.12. The van der Waals surface area contributed by atoms with Crippen LogP contribution in [-0.4, -0.2) is 43.7 Å². The number of hydrogen-bond acceptors (Lipinski definition) is 6. The first-order chi connectivity index (χ1) is 9.82. The van der Waals surface area contributed by atoms with Gasteiger partial charge < -0.3 is 14.6 Å². The average molecular weight is 379 g/mol. The van der Waals surface area contributed by atoms with Gasteiger partial charge in [0.05, 0.1) is 22.6 Å². The Kier molecular flexibility index (Phi) is 4.90. The molecule has 116 valence electrons. The topological polar surface area (TPSA) is 89.9 Å². The molecule has 1 saturated heterocycles. The first-order valence-electron chi connectivity index (χ1n) is 6.33. The maximum absolute atomic E-state index is 11.5. The summed E-state index contributed by atoms with van der Waals surface area (Å²) >= 11 is 3.28.